The first-order chi connectivity index (χ1) is 16.8. The van der Waals surface area contributed by atoms with E-state index in [1.54, 1.807) is 31.4 Å². The molecule has 0 unspecified atom stereocenters. The molecule has 4 rings (SSSR count). The Kier molecular flexibility index (Phi) is 7.15. The van der Waals surface area contributed by atoms with Crippen molar-refractivity contribution in [3.63, 3.8) is 0 Å². The second-order valence-corrected chi connectivity index (χ2v) is 9.65. The standard InChI is InChI=1S/C30H32N2O3/c1-5-6-20-7-9-22(10-8-20)29(34)31-24-14-11-21(12-15-24)28(33)18-27-26-17-25(35-4)16-13-23(26)19-30(2,3)32-27/h7-17H,5-6,18-19H2,1-4H3,(H,31,34). The molecule has 1 aliphatic rings. The number of hydrogen-bond acceptors (Lipinski definition) is 4. The van der Waals surface area contributed by atoms with Gasteiger partial charge in [-0.05, 0) is 86.3 Å². The van der Waals surface area contributed by atoms with Gasteiger partial charge in [0.15, 0.2) is 5.78 Å². The van der Waals surface area contributed by atoms with Crippen LogP contribution in [0.4, 0.5) is 5.69 Å². The first-order valence-corrected chi connectivity index (χ1v) is 12.1. The maximum atomic E-state index is 13.1. The zero-order valence-corrected chi connectivity index (χ0v) is 20.9. The SMILES string of the molecule is CCCc1ccc(C(=O)Nc2ccc(C(=O)CC3=NC(C)(C)Cc4ccc(OC)cc43)cc2)cc1. The van der Waals surface area contributed by atoms with Crippen molar-refractivity contribution in [2.45, 2.75) is 52.0 Å². The molecule has 0 saturated carbocycles. The highest BCUT2D eigenvalue weighted by molar-refractivity contribution is 6.17. The minimum absolute atomic E-state index is 0.0143. The molecule has 0 aromatic heterocycles. The molecule has 0 saturated heterocycles. The molecule has 5 heteroatoms. The summed E-state index contributed by atoms with van der Waals surface area (Å²) in [5.41, 5.74) is 5.73. The Hall–Kier alpha value is -3.73. The number of rotatable bonds is 8. The smallest absolute Gasteiger partial charge is 0.255 e. The summed E-state index contributed by atoms with van der Waals surface area (Å²) < 4.78 is 5.39. The third-order valence-corrected chi connectivity index (χ3v) is 6.24. The van der Waals surface area contributed by atoms with Crippen molar-refractivity contribution in [3.05, 3.63) is 94.5 Å². The molecule has 0 bridgehead atoms. The van der Waals surface area contributed by atoms with Gasteiger partial charge in [0.2, 0.25) is 0 Å². The Morgan fingerprint density at radius 3 is 2.31 bits per heavy atom. The highest BCUT2D eigenvalue weighted by Gasteiger charge is 2.28. The van der Waals surface area contributed by atoms with Crippen LogP contribution in [0.3, 0.4) is 0 Å². The number of carbonyl (C=O) groups excluding carboxylic acids is 2. The number of aliphatic imine (C=N–C) groups is 1. The van der Waals surface area contributed by atoms with Gasteiger partial charge >= 0.3 is 0 Å². The second-order valence-electron chi connectivity index (χ2n) is 9.65. The van der Waals surface area contributed by atoms with Crippen molar-refractivity contribution in [2.75, 3.05) is 12.4 Å². The molecular weight excluding hydrogens is 436 g/mol. The van der Waals surface area contributed by atoms with E-state index in [0.717, 1.165) is 36.3 Å². The molecule has 180 valence electrons. The van der Waals surface area contributed by atoms with Crippen LogP contribution in [0.25, 0.3) is 0 Å². The second kappa shape index (κ2) is 10.3. The van der Waals surface area contributed by atoms with Gasteiger partial charge in [0, 0.05) is 22.4 Å². The number of carbonyl (C=O) groups is 2. The maximum absolute atomic E-state index is 13.1. The highest BCUT2D eigenvalue weighted by atomic mass is 16.5. The van der Waals surface area contributed by atoms with Gasteiger partial charge in [-0.1, -0.05) is 31.5 Å². The third-order valence-electron chi connectivity index (χ3n) is 6.24. The van der Waals surface area contributed by atoms with E-state index < -0.39 is 0 Å². The van der Waals surface area contributed by atoms with Crippen molar-refractivity contribution < 1.29 is 14.3 Å². The number of ketones is 1. The first kappa shape index (κ1) is 24.4. The number of nitrogens with one attached hydrogen (secondary N) is 1. The number of nitrogens with zero attached hydrogens (tertiary/aromatic N) is 1. The summed E-state index contributed by atoms with van der Waals surface area (Å²) in [6.45, 7) is 6.30. The maximum Gasteiger partial charge on any atom is 0.255 e. The number of Topliss-reactive ketones (excluding diaryl/α,β-unsaturated/α-hetero) is 1. The quantitative estimate of drug-likeness (QED) is 0.395. The van der Waals surface area contributed by atoms with Crippen LogP contribution in [-0.2, 0) is 12.8 Å². The van der Waals surface area contributed by atoms with Crippen LogP contribution >= 0.6 is 0 Å². The fourth-order valence-corrected chi connectivity index (χ4v) is 4.48. The molecule has 5 nitrogen and oxygen atoms in total. The molecule has 0 fully saturated rings. The van der Waals surface area contributed by atoms with Gasteiger partial charge in [0.25, 0.3) is 5.91 Å². The van der Waals surface area contributed by atoms with Gasteiger partial charge in [-0.25, -0.2) is 0 Å². The summed E-state index contributed by atoms with van der Waals surface area (Å²) in [7, 11) is 1.64. The number of fused-ring (bicyclic) bond motifs is 1. The number of methoxy groups -OCH3 is 1. The minimum atomic E-state index is -0.264. The van der Waals surface area contributed by atoms with Gasteiger partial charge in [0.1, 0.15) is 5.75 Å². The number of hydrogen-bond donors (Lipinski definition) is 1. The predicted octanol–water partition coefficient (Wildman–Crippen LogP) is 6.30. The molecule has 0 atom stereocenters. The Morgan fingerprint density at radius 2 is 1.66 bits per heavy atom. The van der Waals surface area contributed by atoms with Gasteiger partial charge in [0.05, 0.1) is 24.8 Å². The van der Waals surface area contributed by atoms with Gasteiger partial charge in [-0.2, -0.15) is 0 Å². The van der Waals surface area contributed by atoms with E-state index in [9.17, 15) is 9.59 Å². The van der Waals surface area contributed by atoms with E-state index in [-0.39, 0.29) is 23.7 Å². The molecule has 0 aliphatic carbocycles. The van der Waals surface area contributed by atoms with Crippen molar-refractivity contribution in [1.82, 2.24) is 0 Å². The minimum Gasteiger partial charge on any atom is -0.497 e. The molecule has 1 amide bonds. The lowest BCUT2D eigenvalue weighted by Crippen LogP contribution is -2.30. The molecule has 35 heavy (non-hydrogen) atoms. The zero-order chi connectivity index (χ0) is 25.0. The molecule has 1 aliphatic heterocycles. The van der Waals surface area contributed by atoms with Crippen LogP contribution in [0, 0.1) is 0 Å². The Balaban J connectivity index is 1.45. The lowest BCUT2D eigenvalue weighted by molar-refractivity contribution is 0.0998. The van der Waals surface area contributed by atoms with E-state index in [2.05, 4.69) is 32.2 Å². The molecule has 3 aromatic carbocycles. The lowest BCUT2D eigenvalue weighted by Gasteiger charge is -2.29. The van der Waals surface area contributed by atoms with E-state index in [0.29, 0.717) is 16.8 Å². The Morgan fingerprint density at radius 1 is 0.971 bits per heavy atom. The van der Waals surface area contributed by atoms with Crippen LogP contribution in [0.2, 0.25) is 0 Å². The fraction of sp³-hybridized carbons (Fsp3) is 0.300. The van der Waals surface area contributed by atoms with Crippen molar-refractivity contribution in [2.24, 2.45) is 4.99 Å². The third kappa shape index (κ3) is 5.86. The highest BCUT2D eigenvalue weighted by Crippen LogP contribution is 2.31. The van der Waals surface area contributed by atoms with Crippen molar-refractivity contribution >= 4 is 23.1 Å². The summed E-state index contributed by atoms with van der Waals surface area (Å²) in [4.78, 5) is 30.6. The van der Waals surface area contributed by atoms with E-state index >= 15 is 0 Å². The summed E-state index contributed by atoms with van der Waals surface area (Å²) in [5.74, 6) is 0.569. The summed E-state index contributed by atoms with van der Waals surface area (Å²) in [5, 5.41) is 2.91. The average molecular weight is 469 g/mol. The average Bonchev–Trinajstić information content (AvgIpc) is 2.84. The first-order valence-electron chi connectivity index (χ1n) is 12.1. The predicted molar refractivity (Wildman–Crippen MR) is 141 cm³/mol. The van der Waals surface area contributed by atoms with E-state index in [1.807, 2.05) is 36.4 Å². The van der Waals surface area contributed by atoms with E-state index in [1.165, 1.54) is 11.1 Å². The summed E-state index contributed by atoms with van der Waals surface area (Å²) >= 11 is 0. The fourth-order valence-electron chi connectivity index (χ4n) is 4.48. The van der Waals surface area contributed by atoms with Gasteiger partial charge < -0.3 is 10.1 Å². The topological polar surface area (TPSA) is 67.8 Å². The number of ether oxygens (including phenoxy) is 1. The van der Waals surface area contributed by atoms with Crippen molar-refractivity contribution in [1.29, 1.82) is 0 Å². The molecule has 0 spiro atoms. The largest absolute Gasteiger partial charge is 0.497 e. The van der Waals surface area contributed by atoms with Crippen LogP contribution in [0.1, 0.15) is 71.0 Å². The van der Waals surface area contributed by atoms with Gasteiger partial charge in [-0.15, -0.1) is 0 Å². The zero-order valence-electron chi connectivity index (χ0n) is 20.9. The normalized spacial score (nSPS) is 14.0. The number of amides is 1. The number of aryl methyl sites for hydroxylation is 1. The van der Waals surface area contributed by atoms with Crippen LogP contribution in [0.5, 0.6) is 5.75 Å². The Labute approximate surface area is 207 Å². The van der Waals surface area contributed by atoms with Crippen LogP contribution in [-0.4, -0.2) is 30.1 Å². The molecule has 1 N–H and O–H groups in total. The van der Waals surface area contributed by atoms with Crippen LogP contribution in [0.15, 0.2) is 71.7 Å². The van der Waals surface area contributed by atoms with Gasteiger partial charge in [-0.3, -0.25) is 14.6 Å². The van der Waals surface area contributed by atoms with E-state index in [4.69, 9.17) is 9.73 Å². The summed E-state index contributed by atoms with van der Waals surface area (Å²) in [6.07, 6.45) is 3.10. The van der Waals surface area contributed by atoms with Crippen molar-refractivity contribution in [3.8, 4) is 5.75 Å². The van der Waals surface area contributed by atoms with Crippen LogP contribution < -0.4 is 10.1 Å². The summed E-state index contributed by atoms with van der Waals surface area (Å²) in [6, 6.07) is 20.7. The monoisotopic (exact) mass is 468 g/mol. The molecular formula is C30H32N2O3. The Bertz CT molecular complexity index is 1260. The molecule has 3 aromatic rings. The lowest BCUT2D eigenvalue weighted by atomic mass is 9.85. The molecule has 0 radical (unpaired) electrons. The number of anilines is 1. The number of benzene rings is 3. The molecule has 1 heterocycles.